The first-order valence-corrected chi connectivity index (χ1v) is 24.4. The van der Waals surface area contributed by atoms with Gasteiger partial charge in [0.05, 0.1) is 37.6 Å². The molecule has 386 valence electrons. The van der Waals surface area contributed by atoms with E-state index in [2.05, 4.69) is 52.5 Å². The summed E-state index contributed by atoms with van der Waals surface area (Å²) in [4.78, 5) is 141. The molecule has 1 aliphatic rings. The molecule has 70 heavy (non-hydrogen) atoms. The normalized spacial score (nSPS) is 27.1. The quantitative estimate of drug-likeness (QED) is 0.0887. The third kappa shape index (κ3) is 18.2. The molecule has 1 aliphatic heterocycles. The number of carbonyl (C=O) groups is 10. The maximum absolute atomic E-state index is 14.4. The van der Waals surface area contributed by atoms with E-state index in [1.54, 1.807) is 44.2 Å². The van der Waals surface area contributed by atoms with E-state index in [0.717, 1.165) is 35.4 Å². The molecule has 1 saturated heterocycles. The lowest BCUT2D eigenvalue weighted by Crippen LogP contribution is -2.63. The van der Waals surface area contributed by atoms with E-state index in [4.69, 9.17) is 5.73 Å². The minimum Gasteiger partial charge on any atom is -0.481 e. The van der Waals surface area contributed by atoms with Crippen molar-refractivity contribution in [3.8, 4) is 0 Å². The van der Waals surface area contributed by atoms with Gasteiger partial charge in [-0.05, 0) is 25.3 Å². The molecule has 0 bridgehead atoms. The second kappa shape index (κ2) is 28.4. The van der Waals surface area contributed by atoms with Gasteiger partial charge in [0.1, 0.15) is 48.3 Å². The number of aliphatic hydroxyl groups is 3. The maximum atomic E-state index is 14.4. The number of aromatic nitrogens is 2. The minimum atomic E-state index is -1.93. The molecule has 26 nitrogen and oxygen atoms in total. The second-order valence-electron chi connectivity index (χ2n) is 16.4. The Bertz CT molecular complexity index is 2140. The summed E-state index contributed by atoms with van der Waals surface area (Å²) in [7, 11) is 1.71. The Morgan fingerprint density at radius 1 is 0.657 bits per heavy atom. The molecule has 16 N–H and O–H groups in total. The zero-order chi connectivity index (χ0) is 52.2. The van der Waals surface area contributed by atoms with E-state index in [-0.39, 0.29) is 30.8 Å². The summed E-state index contributed by atoms with van der Waals surface area (Å²) in [5.74, 6) is -13.2. The number of carboxylic acids is 2. The Balaban J connectivity index is 2.13. The van der Waals surface area contributed by atoms with Crippen molar-refractivity contribution >= 4 is 80.8 Å². The molecule has 12 atom stereocenters. The van der Waals surface area contributed by atoms with Crippen LogP contribution in [0.3, 0.4) is 0 Å². The van der Waals surface area contributed by atoms with Crippen LogP contribution in [0.1, 0.15) is 51.8 Å². The van der Waals surface area contributed by atoms with E-state index >= 15 is 0 Å². The number of nitrogens with zero attached hydrogens (tertiary/aromatic N) is 1. The molecule has 0 radical (unpaired) electrons. The first kappa shape index (κ1) is 58.0. The Morgan fingerprint density at radius 2 is 1.14 bits per heavy atom. The molecule has 1 aromatic heterocycles. The fourth-order valence-corrected chi connectivity index (χ4v) is 8.84. The number of aromatic amines is 1. The average Bonchev–Trinajstić information content (AvgIpc) is 3.83. The third-order valence-electron chi connectivity index (χ3n) is 10.8. The van der Waals surface area contributed by atoms with Crippen LogP contribution in [0, 0.1) is 5.92 Å². The number of carbonyl (C=O) groups excluding carboxylic acids is 8. The van der Waals surface area contributed by atoms with Gasteiger partial charge in [-0.15, -0.1) is 0 Å². The highest BCUT2D eigenvalue weighted by Crippen LogP contribution is 2.23. The van der Waals surface area contributed by atoms with Gasteiger partial charge in [-0.3, -0.25) is 43.2 Å². The topological polar surface area (TPSA) is 423 Å². The summed E-state index contributed by atoms with van der Waals surface area (Å²) in [5.41, 5.74) is 6.83. The summed E-state index contributed by atoms with van der Waals surface area (Å²) in [6.45, 7) is 4.44. The highest BCUT2D eigenvalue weighted by molar-refractivity contribution is 8.76. The number of hydrogen-bond donors (Lipinski definition) is 15. The molecular weight excluding hydrogens is 963 g/mol. The summed E-state index contributed by atoms with van der Waals surface area (Å²) in [6, 6.07) is -6.68. The molecule has 1 aromatic carbocycles. The molecule has 0 aliphatic carbocycles. The number of aliphatic carboxylic acids is 2. The van der Waals surface area contributed by atoms with Crippen LogP contribution in [0.5, 0.6) is 0 Å². The molecule has 0 spiro atoms. The Hall–Kier alpha value is -6.33. The molecular formula is C42H61N11O15S2. The maximum Gasteiger partial charge on any atom is 0.327 e. The number of nitrogens with two attached hydrogens (primary N) is 1. The Morgan fingerprint density at radius 3 is 1.69 bits per heavy atom. The summed E-state index contributed by atoms with van der Waals surface area (Å²) in [6.07, 6.45) is -2.03. The molecule has 2 heterocycles. The number of benzene rings is 1. The van der Waals surface area contributed by atoms with Gasteiger partial charge in [-0.1, -0.05) is 72.2 Å². The minimum absolute atomic E-state index is 0.199. The fourth-order valence-electron chi connectivity index (χ4n) is 6.56. The monoisotopic (exact) mass is 1020 g/mol. The predicted molar refractivity (Wildman–Crippen MR) is 251 cm³/mol. The van der Waals surface area contributed by atoms with E-state index in [1.165, 1.54) is 12.5 Å². The van der Waals surface area contributed by atoms with Crippen molar-refractivity contribution in [2.75, 3.05) is 18.1 Å². The smallest absolute Gasteiger partial charge is 0.327 e. The largest absolute Gasteiger partial charge is 0.481 e. The Labute approximate surface area is 409 Å². The summed E-state index contributed by atoms with van der Waals surface area (Å²) in [5, 5.41) is 69.6. The van der Waals surface area contributed by atoms with E-state index in [1.807, 2.05) is 0 Å². The van der Waals surface area contributed by atoms with Crippen LogP contribution in [0.25, 0.3) is 0 Å². The third-order valence-corrected chi connectivity index (χ3v) is 13.2. The molecule has 28 heteroatoms. The highest BCUT2D eigenvalue weighted by Gasteiger charge is 2.38. The van der Waals surface area contributed by atoms with Crippen molar-refractivity contribution < 1.29 is 73.5 Å². The molecule has 0 saturated carbocycles. The molecule has 0 unspecified atom stereocenters. The number of aliphatic hydroxyl groups excluding tert-OH is 3. The Kier molecular flexibility index (Phi) is 23.5. The molecule has 1 fully saturated rings. The SMILES string of the molecule is CC[C@H](C)[C@@H]1NC(=O)[C@H](Cc2ccccc2)NC(=O)[C@H](Cc2cnc[nH]2)NC(=O)[C@H]([C@@H](C)O)NC(=O)[C@H](CO)NC(=O)[C@@H](N)CSSC[C@@H](C(=O)O)NC(=O)[C@H]([C@@H](C)O)NC(=O)[C@H](CC(=O)O)NC1=O. The van der Waals surface area contributed by atoms with Gasteiger partial charge in [-0.2, -0.15) is 0 Å². The van der Waals surface area contributed by atoms with Gasteiger partial charge in [0.25, 0.3) is 0 Å². The first-order chi connectivity index (χ1) is 33.1. The number of H-pyrrole nitrogens is 1. The van der Waals surface area contributed by atoms with Crippen LogP contribution in [-0.4, -0.2) is 179 Å². The van der Waals surface area contributed by atoms with Gasteiger partial charge in [0.15, 0.2) is 0 Å². The molecule has 3 rings (SSSR count). The van der Waals surface area contributed by atoms with E-state index < -0.39 is 145 Å². The van der Waals surface area contributed by atoms with Crippen LogP contribution in [-0.2, 0) is 60.8 Å². The number of carboxylic acid groups (broad SMARTS) is 2. The van der Waals surface area contributed by atoms with Crippen molar-refractivity contribution in [1.29, 1.82) is 0 Å². The van der Waals surface area contributed by atoms with Gasteiger partial charge >= 0.3 is 11.9 Å². The second-order valence-corrected chi connectivity index (χ2v) is 18.9. The molecule has 8 amide bonds. The van der Waals surface area contributed by atoms with Crippen molar-refractivity contribution in [2.45, 2.75) is 120 Å². The van der Waals surface area contributed by atoms with Gasteiger partial charge in [0.2, 0.25) is 47.3 Å². The van der Waals surface area contributed by atoms with Gasteiger partial charge in [-0.25, -0.2) is 9.78 Å². The number of amides is 8. The van der Waals surface area contributed by atoms with Crippen molar-refractivity contribution in [3.63, 3.8) is 0 Å². The number of imidazole rings is 1. The summed E-state index contributed by atoms with van der Waals surface area (Å²) < 4.78 is 0. The van der Waals surface area contributed by atoms with E-state index in [9.17, 15) is 73.5 Å². The van der Waals surface area contributed by atoms with Crippen LogP contribution < -0.4 is 48.3 Å². The fraction of sp³-hybridized carbons (Fsp3) is 0.548. The van der Waals surface area contributed by atoms with E-state index in [0.29, 0.717) is 11.3 Å². The summed E-state index contributed by atoms with van der Waals surface area (Å²) >= 11 is 0. The zero-order valence-corrected chi connectivity index (χ0v) is 40.2. The van der Waals surface area contributed by atoms with Crippen molar-refractivity contribution in [2.24, 2.45) is 11.7 Å². The lowest BCUT2D eigenvalue weighted by molar-refractivity contribution is -0.143. The first-order valence-electron chi connectivity index (χ1n) is 21.9. The lowest BCUT2D eigenvalue weighted by Gasteiger charge is -2.30. The predicted octanol–water partition coefficient (Wildman–Crippen LogP) is -4.85. The molecule has 2 aromatic rings. The van der Waals surface area contributed by atoms with Crippen LogP contribution in [0.15, 0.2) is 42.9 Å². The number of rotatable bonds is 12. The standard InChI is InChI=1S/C42H61N11O15S2/c1-5-19(2)31-39(64)48-27(13-30(57)58)37(62)52-33(21(4)56)41(66)50-29(42(67)68)17-70-69-16-24(43)34(59)49-28(15-54)38(63)53-32(20(3)55)40(65)47-26(12-23-14-44-18-45-23)35(60)46-25(36(61)51-31)11-22-9-7-6-8-10-22/h6-10,14,18-21,24-29,31-33,54-56H,5,11-13,15-17,43H2,1-4H3,(H,44,45)(H,46,60)(H,47,65)(H,48,64)(H,49,59)(H,50,66)(H,51,61)(H,52,62)(H,53,63)(H,57,58)(H,67,68)/t19-,20+,21+,24-,25-,26-,27-,28-,29-,31-,32-,33-/m0/s1. The van der Waals surface area contributed by atoms with Crippen LogP contribution >= 0.6 is 21.6 Å². The van der Waals surface area contributed by atoms with Gasteiger partial charge in [0, 0.05) is 36.2 Å². The average molecular weight is 1020 g/mol. The van der Waals surface area contributed by atoms with Crippen LogP contribution in [0.4, 0.5) is 0 Å². The zero-order valence-electron chi connectivity index (χ0n) is 38.6. The van der Waals surface area contributed by atoms with Crippen molar-refractivity contribution in [3.05, 3.63) is 54.1 Å². The highest BCUT2D eigenvalue weighted by atomic mass is 33.1. The number of nitrogens with one attached hydrogen (secondary N) is 9. The lowest BCUT2D eigenvalue weighted by atomic mass is 9.96. The van der Waals surface area contributed by atoms with Gasteiger partial charge < -0.3 is 78.8 Å². The van der Waals surface area contributed by atoms with Crippen molar-refractivity contribution in [1.82, 2.24) is 52.5 Å². The number of hydrogen-bond acceptors (Lipinski definition) is 17. The van der Waals surface area contributed by atoms with Crippen LogP contribution in [0.2, 0.25) is 0 Å².